The highest BCUT2D eigenvalue weighted by atomic mass is 15.1. The molecule has 1 rings (SSSR count). The number of hydrogen-bond donors (Lipinski definition) is 1. The van der Waals surface area contributed by atoms with Crippen molar-refractivity contribution in [1.29, 1.82) is 0 Å². The molecule has 0 amide bonds. The van der Waals surface area contributed by atoms with Crippen LogP contribution in [0.5, 0.6) is 0 Å². The maximum absolute atomic E-state index is 5.66. The molecule has 0 aliphatic heterocycles. The van der Waals surface area contributed by atoms with Crippen LogP contribution >= 0.6 is 0 Å². The average Bonchev–Trinajstić information content (AvgIpc) is 2.15. The zero-order chi connectivity index (χ0) is 11.4. The van der Waals surface area contributed by atoms with Gasteiger partial charge in [0, 0.05) is 31.0 Å². The van der Waals surface area contributed by atoms with E-state index in [0.29, 0.717) is 17.8 Å². The quantitative estimate of drug-likeness (QED) is 0.825. The van der Waals surface area contributed by atoms with Gasteiger partial charge in [0.25, 0.3) is 0 Å². The Bertz CT molecular complexity index is 309. The standard InChI is InChI=1S/C12H21N3/c1-9(2)7-10(3)15(4)11-5-6-14-12(13)8-11/h5-6,8-10H,7H2,1-4H3,(H2,13,14). The minimum absolute atomic E-state index is 0.520. The number of nitrogens with zero attached hydrogens (tertiary/aromatic N) is 2. The fraction of sp³-hybridized carbons (Fsp3) is 0.583. The summed E-state index contributed by atoms with van der Waals surface area (Å²) in [6.07, 6.45) is 2.93. The molecule has 0 saturated carbocycles. The van der Waals surface area contributed by atoms with Gasteiger partial charge in [-0.1, -0.05) is 13.8 Å². The summed E-state index contributed by atoms with van der Waals surface area (Å²) >= 11 is 0. The molecule has 1 aromatic rings. The summed E-state index contributed by atoms with van der Waals surface area (Å²) in [5, 5.41) is 0. The summed E-state index contributed by atoms with van der Waals surface area (Å²) in [6, 6.07) is 4.43. The Morgan fingerprint density at radius 2 is 2.07 bits per heavy atom. The number of nitrogen functional groups attached to an aromatic ring is 1. The molecule has 84 valence electrons. The fourth-order valence-electron chi connectivity index (χ4n) is 1.75. The lowest BCUT2D eigenvalue weighted by atomic mass is 10.0. The van der Waals surface area contributed by atoms with Crippen molar-refractivity contribution < 1.29 is 0 Å². The molecule has 15 heavy (non-hydrogen) atoms. The monoisotopic (exact) mass is 207 g/mol. The van der Waals surface area contributed by atoms with Crippen molar-refractivity contribution in [3.8, 4) is 0 Å². The van der Waals surface area contributed by atoms with Crippen molar-refractivity contribution in [2.45, 2.75) is 33.2 Å². The van der Waals surface area contributed by atoms with Gasteiger partial charge in [-0.15, -0.1) is 0 Å². The lowest BCUT2D eigenvalue weighted by Crippen LogP contribution is -2.30. The van der Waals surface area contributed by atoms with E-state index in [2.05, 4.69) is 37.7 Å². The lowest BCUT2D eigenvalue weighted by molar-refractivity contribution is 0.504. The second kappa shape index (κ2) is 5.01. The summed E-state index contributed by atoms with van der Waals surface area (Å²) in [5.74, 6) is 1.29. The van der Waals surface area contributed by atoms with Gasteiger partial charge in [0.1, 0.15) is 5.82 Å². The maximum atomic E-state index is 5.66. The van der Waals surface area contributed by atoms with Crippen molar-refractivity contribution >= 4 is 11.5 Å². The first kappa shape index (κ1) is 11.8. The molecule has 3 nitrogen and oxygen atoms in total. The Morgan fingerprint density at radius 1 is 1.40 bits per heavy atom. The Hall–Kier alpha value is -1.25. The van der Waals surface area contributed by atoms with Gasteiger partial charge < -0.3 is 10.6 Å². The average molecular weight is 207 g/mol. The van der Waals surface area contributed by atoms with Gasteiger partial charge >= 0.3 is 0 Å². The summed E-state index contributed by atoms with van der Waals surface area (Å²) in [6.45, 7) is 6.72. The Balaban J connectivity index is 2.71. The molecular formula is C12H21N3. The molecule has 0 aromatic carbocycles. The fourth-order valence-corrected chi connectivity index (χ4v) is 1.75. The third-order valence-electron chi connectivity index (χ3n) is 2.65. The number of anilines is 2. The van der Waals surface area contributed by atoms with E-state index in [9.17, 15) is 0 Å². The molecule has 1 atom stereocenters. The van der Waals surface area contributed by atoms with Gasteiger partial charge in [0.15, 0.2) is 0 Å². The van der Waals surface area contributed by atoms with E-state index >= 15 is 0 Å². The third-order valence-corrected chi connectivity index (χ3v) is 2.65. The zero-order valence-electron chi connectivity index (χ0n) is 10.1. The molecule has 1 aromatic heterocycles. The van der Waals surface area contributed by atoms with Gasteiger partial charge in [-0.25, -0.2) is 4.98 Å². The van der Waals surface area contributed by atoms with E-state index < -0.39 is 0 Å². The van der Waals surface area contributed by atoms with Crippen LogP contribution in [0.3, 0.4) is 0 Å². The minimum atomic E-state index is 0.520. The summed E-state index contributed by atoms with van der Waals surface area (Å²) < 4.78 is 0. The largest absolute Gasteiger partial charge is 0.384 e. The van der Waals surface area contributed by atoms with E-state index in [1.54, 1.807) is 6.20 Å². The molecule has 0 bridgehead atoms. The molecule has 0 fully saturated rings. The predicted molar refractivity (Wildman–Crippen MR) is 66.0 cm³/mol. The van der Waals surface area contributed by atoms with E-state index in [-0.39, 0.29) is 0 Å². The van der Waals surface area contributed by atoms with Crippen LogP contribution in [-0.4, -0.2) is 18.1 Å². The lowest BCUT2D eigenvalue weighted by Gasteiger charge is -2.28. The number of rotatable bonds is 4. The highest BCUT2D eigenvalue weighted by molar-refractivity contribution is 5.51. The second-order valence-corrected chi connectivity index (χ2v) is 4.53. The minimum Gasteiger partial charge on any atom is -0.384 e. The molecule has 0 saturated heterocycles. The summed E-state index contributed by atoms with van der Waals surface area (Å²) in [7, 11) is 2.10. The molecule has 0 spiro atoms. The van der Waals surface area contributed by atoms with Crippen molar-refractivity contribution in [2.24, 2.45) is 5.92 Å². The van der Waals surface area contributed by atoms with Crippen LogP contribution in [0.4, 0.5) is 11.5 Å². The molecule has 3 heteroatoms. The van der Waals surface area contributed by atoms with Crippen LogP contribution < -0.4 is 10.6 Å². The van der Waals surface area contributed by atoms with Crippen LogP contribution in [0.15, 0.2) is 18.3 Å². The van der Waals surface area contributed by atoms with Crippen LogP contribution in [0.25, 0.3) is 0 Å². The van der Waals surface area contributed by atoms with Gasteiger partial charge in [-0.2, -0.15) is 0 Å². The highest BCUT2D eigenvalue weighted by Crippen LogP contribution is 2.19. The smallest absolute Gasteiger partial charge is 0.125 e. The molecule has 0 aliphatic rings. The van der Waals surface area contributed by atoms with Gasteiger partial charge in [0.2, 0.25) is 0 Å². The molecule has 1 unspecified atom stereocenters. The SMILES string of the molecule is CC(C)CC(C)N(C)c1ccnc(N)c1. The Kier molecular flexibility index (Phi) is 3.95. The number of nitrogens with two attached hydrogens (primary N) is 1. The number of aromatic nitrogens is 1. The summed E-state index contributed by atoms with van der Waals surface area (Å²) in [5.41, 5.74) is 6.79. The molecule has 0 aliphatic carbocycles. The highest BCUT2D eigenvalue weighted by Gasteiger charge is 2.11. The van der Waals surface area contributed by atoms with Crippen LogP contribution in [-0.2, 0) is 0 Å². The normalized spacial score (nSPS) is 12.9. The molecule has 0 radical (unpaired) electrons. The van der Waals surface area contributed by atoms with Crippen LogP contribution in [0.1, 0.15) is 27.2 Å². The summed E-state index contributed by atoms with van der Waals surface area (Å²) in [4.78, 5) is 6.24. The molecular weight excluding hydrogens is 186 g/mol. The van der Waals surface area contributed by atoms with Crippen molar-refractivity contribution in [1.82, 2.24) is 4.98 Å². The van der Waals surface area contributed by atoms with E-state index in [4.69, 9.17) is 5.73 Å². The van der Waals surface area contributed by atoms with E-state index in [1.165, 1.54) is 6.42 Å². The van der Waals surface area contributed by atoms with Crippen LogP contribution in [0, 0.1) is 5.92 Å². The van der Waals surface area contributed by atoms with Gasteiger partial charge in [-0.3, -0.25) is 0 Å². The zero-order valence-corrected chi connectivity index (χ0v) is 10.1. The molecule has 2 N–H and O–H groups in total. The number of pyridine rings is 1. The van der Waals surface area contributed by atoms with E-state index in [0.717, 1.165) is 5.69 Å². The molecule has 1 heterocycles. The Morgan fingerprint density at radius 3 is 2.60 bits per heavy atom. The third kappa shape index (κ3) is 3.42. The topological polar surface area (TPSA) is 42.2 Å². The second-order valence-electron chi connectivity index (χ2n) is 4.53. The predicted octanol–water partition coefficient (Wildman–Crippen LogP) is 2.53. The first-order valence-corrected chi connectivity index (χ1v) is 5.45. The van der Waals surface area contributed by atoms with Gasteiger partial charge in [0.05, 0.1) is 0 Å². The van der Waals surface area contributed by atoms with Crippen molar-refractivity contribution in [3.05, 3.63) is 18.3 Å². The maximum Gasteiger partial charge on any atom is 0.125 e. The van der Waals surface area contributed by atoms with Crippen LogP contribution in [0.2, 0.25) is 0 Å². The first-order valence-electron chi connectivity index (χ1n) is 5.45. The first-order chi connectivity index (χ1) is 7.00. The Labute approximate surface area is 92.3 Å². The van der Waals surface area contributed by atoms with Gasteiger partial charge in [-0.05, 0) is 25.3 Å². The van der Waals surface area contributed by atoms with Crippen molar-refractivity contribution in [2.75, 3.05) is 17.7 Å². The number of hydrogen-bond acceptors (Lipinski definition) is 3. The van der Waals surface area contributed by atoms with E-state index in [1.807, 2.05) is 12.1 Å². The van der Waals surface area contributed by atoms with Crippen molar-refractivity contribution in [3.63, 3.8) is 0 Å².